The van der Waals surface area contributed by atoms with Crippen LogP contribution in [0.3, 0.4) is 0 Å². The van der Waals surface area contributed by atoms with Gasteiger partial charge in [-0.2, -0.15) is 0 Å². The van der Waals surface area contributed by atoms with E-state index in [2.05, 4.69) is 4.98 Å². The molecule has 0 bridgehead atoms. The molecule has 0 aliphatic carbocycles. The summed E-state index contributed by atoms with van der Waals surface area (Å²) in [5, 5.41) is 0.483. The molecule has 6 nitrogen and oxygen atoms in total. The Morgan fingerprint density at radius 3 is 2.86 bits per heavy atom. The zero-order valence-corrected chi connectivity index (χ0v) is 13.0. The van der Waals surface area contributed by atoms with Crippen LogP contribution in [0.15, 0.2) is 22.8 Å². The lowest BCUT2D eigenvalue weighted by atomic mass is 9.94. The number of aromatic nitrogens is 1. The number of anilines is 1. The fraction of sp³-hybridized carbons (Fsp3) is 0.400. The Labute approximate surface area is 131 Å². The highest BCUT2D eigenvalue weighted by molar-refractivity contribution is 7.18. The quantitative estimate of drug-likeness (QED) is 0.625. The van der Waals surface area contributed by atoms with Gasteiger partial charge in [-0.25, -0.2) is 4.98 Å². The van der Waals surface area contributed by atoms with Crippen molar-refractivity contribution in [1.29, 1.82) is 0 Å². The van der Waals surface area contributed by atoms with Crippen LogP contribution in [0.5, 0.6) is 0 Å². The highest BCUT2D eigenvalue weighted by Crippen LogP contribution is 2.35. The molecule has 2 aromatic rings. The average molecular weight is 320 g/mol. The lowest BCUT2D eigenvalue weighted by molar-refractivity contribution is -0.107. The monoisotopic (exact) mass is 320 g/mol. The number of amides is 1. The molecule has 3 rings (SSSR count). The van der Waals surface area contributed by atoms with E-state index in [4.69, 9.17) is 9.15 Å². The van der Waals surface area contributed by atoms with Crippen LogP contribution in [0.1, 0.15) is 22.5 Å². The molecule has 2 aromatic heterocycles. The van der Waals surface area contributed by atoms with Crippen molar-refractivity contribution in [2.45, 2.75) is 12.8 Å². The standard InChI is InChI=1S/C15H16N2O4S/c1-17(9-18)15-16-12(11-3-2-6-21-11)14(22-15)13(19)10-4-7-20-8-5-10/h2-3,6,9-10H,4-5,7-8H2,1H3. The van der Waals surface area contributed by atoms with Crippen molar-refractivity contribution < 1.29 is 18.7 Å². The van der Waals surface area contributed by atoms with Crippen LogP contribution in [0.2, 0.25) is 0 Å². The Kier molecular flexibility index (Phi) is 4.35. The van der Waals surface area contributed by atoms with Crippen LogP contribution < -0.4 is 4.90 Å². The molecule has 0 N–H and O–H groups in total. The number of hydrogen-bond donors (Lipinski definition) is 0. The fourth-order valence-corrected chi connectivity index (χ4v) is 3.41. The maximum atomic E-state index is 12.8. The van der Waals surface area contributed by atoms with E-state index in [1.165, 1.54) is 16.2 Å². The smallest absolute Gasteiger partial charge is 0.215 e. The summed E-state index contributed by atoms with van der Waals surface area (Å²) in [5.41, 5.74) is 0.509. The van der Waals surface area contributed by atoms with Crippen LogP contribution in [-0.4, -0.2) is 37.4 Å². The predicted octanol–water partition coefficient (Wildman–Crippen LogP) is 2.61. The number of hydrogen-bond acceptors (Lipinski definition) is 6. The van der Waals surface area contributed by atoms with E-state index < -0.39 is 0 Å². The van der Waals surface area contributed by atoms with Gasteiger partial charge in [-0.15, -0.1) is 0 Å². The van der Waals surface area contributed by atoms with E-state index in [-0.39, 0.29) is 11.7 Å². The number of rotatable bonds is 5. The van der Waals surface area contributed by atoms with Gasteiger partial charge < -0.3 is 9.15 Å². The van der Waals surface area contributed by atoms with E-state index in [1.807, 2.05) is 0 Å². The molecule has 3 heterocycles. The van der Waals surface area contributed by atoms with Crippen molar-refractivity contribution in [1.82, 2.24) is 4.98 Å². The molecular weight excluding hydrogens is 304 g/mol. The number of furan rings is 1. The van der Waals surface area contributed by atoms with E-state index >= 15 is 0 Å². The number of ether oxygens (including phenoxy) is 1. The Morgan fingerprint density at radius 1 is 1.45 bits per heavy atom. The summed E-state index contributed by atoms with van der Waals surface area (Å²) in [7, 11) is 1.61. The van der Waals surface area contributed by atoms with Crippen LogP contribution in [0, 0.1) is 5.92 Å². The number of thiazole rings is 1. The lowest BCUT2D eigenvalue weighted by Gasteiger charge is -2.20. The van der Waals surface area contributed by atoms with Gasteiger partial charge in [0, 0.05) is 26.2 Å². The average Bonchev–Trinajstić information content (AvgIpc) is 3.23. The molecular formula is C15H16N2O4S. The highest BCUT2D eigenvalue weighted by atomic mass is 32.1. The first-order valence-corrected chi connectivity index (χ1v) is 7.87. The third kappa shape index (κ3) is 2.82. The summed E-state index contributed by atoms with van der Waals surface area (Å²) in [6.07, 6.45) is 3.65. The minimum Gasteiger partial charge on any atom is -0.463 e. The van der Waals surface area contributed by atoms with Crippen molar-refractivity contribution in [3.05, 3.63) is 23.3 Å². The molecule has 1 saturated heterocycles. The predicted molar refractivity (Wildman–Crippen MR) is 82.2 cm³/mol. The third-order valence-corrected chi connectivity index (χ3v) is 4.81. The van der Waals surface area contributed by atoms with Gasteiger partial charge in [0.25, 0.3) is 0 Å². The van der Waals surface area contributed by atoms with Crippen molar-refractivity contribution >= 4 is 28.7 Å². The van der Waals surface area contributed by atoms with E-state index in [1.54, 1.807) is 25.4 Å². The van der Waals surface area contributed by atoms with Crippen LogP contribution in [-0.2, 0) is 9.53 Å². The zero-order chi connectivity index (χ0) is 15.5. The molecule has 1 aliphatic rings. The first-order valence-electron chi connectivity index (χ1n) is 7.05. The third-order valence-electron chi connectivity index (χ3n) is 3.65. The van der Waals surface area contributed by atoms with Gasteiger partial charge in [-0.05, 0) is 25.0 Å². The number of carbonyl (C=O) groups excluding carboxylic acids is 2. The van der Waals surface area contributed by atoms with Gasteiger partial charge in [0.15, 0.2) is 16.7 Å². The maximum absolute atomic E-state index is 12.8. The molecule has 7 heteroatoms. The Bertz CT molecular complexity index is 659. The molecule has 0 aromatic carbocycles. The Hall–Kier alpha value is -1.99. The van der Waals surface area contributed by atoms with E-state index in [0.717, 1.165) is 0 Å². The molecule has 0 spiro atoms. The number of Topliss-reactive ketones (excluding diaryl/α,β-unsaturated/α-hetero) is 1. The maximum Gasteiger partial charge on any atom is 0.215 e. The van der Waals surface area contributed by atoms with Crippen LogP contribution in [0.4, 0.5) is 5.13 Å². The molecule has 1 amide bonds. The van der Waals surface area contributed by atoms with Crippen LogP contribution in [0.25, 0.3) is 11.5 Å². The van der Waals surface area contributed by atoms with Gasteiger partial charge in [-0.1, -0.05) is 11.3 Å². The molecule has 0 radical (unpaired) electrons. The highest BCUT2D eigenvalue weighted by Gasteiger charge is 2.29. The van der Waals surface area contributed by atoms with Crippen molar-refractivity contribution in [3.63, 3.8) is 0 Å². The van der Waals surface area contributed by atoms with E-state index in [0.29, 0.717) is 53.9 Å². The summed E-state index contributed by atoms with van der Waals surface area (Å²) in [6, 6.07) is 3.51. The van der Waals surface area contributed by atoms with Gasteiger partial charge >= 0.3 is 0 Å². The molecule has 1 fully saturated rings. The fourth-order valence-electron chi connectivity index (χ4n) is 2.40. The molecule has 116 valence electrons. The second-order valence-corrected chi connectivity index (χ2v) is 6.10. The van der Waals surface area contributed by atoms with Gasteiger partial charge in [0.05, 0.1) is 6.26 Å². The molecule has 0 saturated carbocycles. The second-order valence-electron chi connectivity index (χ2n) is 5.12. The minimum atomic E-state index is -0.0581. The summed E-state index contributed by atoms with van der Waals surface area (Å²) in [6.45, 7) is 1.21. The molecule has 0 unspecified atom stereocenters. The summed E-state index contributed by atoms with van der Waals surface area (Å²) in [5.74, 6) is 0.534. The second kappa shape index (κ2) is 6.41. The number of carbonyl (C=O) groups is 2. The SMILES string of the molecule is CN(C=O)c1nc(-c2ccco2)c(C(=O)C2CCOCC2)s1. The Balaban J connectivity index is 1.99. The first kappa shape index (κ1) is 14.9. The topological polar surface area (TPSA) is 72.6 Å². The minimum absolute atomic E-state index is 0.0535. The Morgan fingerprint density at radius 2 is 2.23 bits per heavy atom. The summed E-state index contributed by atoms with van der Waals surface area (Å²) < 4.78 is 10.7. The largest absolute Gasteiger partial charge is 0.463 e. The van der Waals surface area contributed by atoms with Crippen molar-refractivity contribution in [2.75, 3.05) is 25.2 Å². The first-order chi connectivity index (χ1) is 10.7. The van der Waals surface area contributed by atoms with Crippen LogP contribution >= 0.6 is 11.3 Å². The van der Waals surface area contributed by atoms with Gasteiger partial charge in [0.1, 0.15) is 10.6 Å². The zero-order valence-electron chi connectivity index (χ0n) is 12.2. The number of ketones is 1. The van der Waals surface area contributed by atoms with E-state index in [9.17, 15) is 9.59 Å². The lowest BCUT2D eigenvalue weighted by Crippen LogP contribution is -2.23. The normalized spacial score (nSPS) is 15.7. The molecule has 0 atom stereocenters. The molecule has 1 aliphatic heterocycles. The van der Waals surface area contributed by atoms with Crippen molar-refractivity contribution in [3.8, 4) is 11.5 Å². The molecule has 22 heavy (non-hydrogen) atoms. The van der Waals surface area contributed by atoms with Gasteiger partial charge in [-0.3, -0.25) is 14.5 Å². The summed E-state index contributed by atoms with van der Waals surface area (Å²) >= 11 is 1.23. The number of nitrogens with zero attached hydrogens (tertiary/aromatic N) is 2. The summed E-state index contributed by atoms with van der Waals surface area (Å²) in [4.78, 5) is 30.1. The van der Waals surface area contributed by atoms with Gasteiger partial charge in [0.2, 0.25) is 6.41 Å². The van der Waals surface area contributed by atoms with Crippen molar-refractivity contribution in [2.24, 2.45) is 5.92 Å².